The number of nitrogens with one attached hydrogen (secondary N) is 2. The number of rotatable bonds is 6. The Morgan fingerprint density at radius 3 is 1.90 bits per heavy atom. The zero-order chi connectivity index (χ0) is 22.5. The van der Waals surface area contributed by atoms with Crippen molar-refractivity contribution in [3.8, 4) is 0 Å². The molecule has 0 atom stereocenters. The van der Waals surface area contributed by atoms with Gasteiger partial charge in [-0.2, -0.15) is 0 Å². The normalized spacial score (nSPS) is 11.8. The molecule has 2 aromatic carbocycles. The number of nitrogens with zero attached hydrogens (tertiary/aromatic N) is 1. The zero-order valence-corrected chi connectivity index (χ0v) is 18.2. The molecule has 162 valence electrons. The summed E-state index contributed by atoms with van der Waals surface area (Å²) in [6.07, 6.45) is -0.589. The van der Waals surface area contributed by atoms with Gasteiger partial charge < -0.3 is 10.1 Å². The first kappa shape index (κ1) is 23.3. The molecule has 10 heteroatoms. The molecule has 0 heterocycles. The van der Waals surface area contributed by atoms with E-state index in [1.807, 2.05) is 0 Å². The minimum absolute atomic E-state index is 0.0300. The van der Waals surface area contributed by atoms with Crippen LogP contribution in [0.3, 0.4) is 0 Å². The Bertz CT molecular complexity index is 996. The van der Waals surface area contributed by atoms with Crippen molar-refractivity contribution in [1.29, 1.82) is 0 Å². The highest BCUT2D eigenvalue weighted by molar-refractivity contribution is 7.89. The molecule has 0 saturated carbocycles. The van der Waals surface area contributed by atoms with E-state index in [0.717, 1.165) is 4.47 Å². The van der Waals surface area contributed by atoms with Crippen LogP contribution in [0.4, 0.5) is 16.2 Å². The topological polar surface area (TPSA) is 114 Å². The van der Waals surface area contributed by atoms with E-state index in [2.05, 4.69) is 10.6 Å². The molecule has 9 nitrogen and oxygen atoms in total. The van der Waals surface area contributed by atoms with Gasteiger partial charge in [0.2, 0.25) is 0 Å². The fourth-order valence-electron chi connectivity index (χ4n) is 2.29. The van der Waals surface area contributed by atoms with Gasteiger partial charge >= 0.3 is 6.09 Å². The van der Waals surface area contributed by atoms with Crippen LogP contribution in [0.1, 0.15) is 31.1 Å². The van der Waals surface area contributed by atoms with Crippen molar-refractivity contribution in [2.75, 3.05) is 24.8 Å². The number of hydrogen-bond acceptors (Lipinski definition) is 6. The fraction of sp³-hybridized carbons (Fsp3) is 0.300. The van der Waals surface area contributed by atoms with E-state index in [0.29, 0.717) is 16.9 Å². The van der Waals surface area contributed by atoms with Gasteiger partial charge in [0.15, 0.2) is 0 Å². The number of carbonyl (C=O) groups is 2. The maximum atomic E-state index is 12.4. The van der Waals surface area contributed by atoms with Crippen molar-refractivity contribution in [2.45, 2.75) is 31.3 Å². The number of carbonyl (C=O) groups excluding carboxylic acids is 2. The first-order valence-corrected chi connectivity index (χ1v) is 10.4. The summed E-state index contributed by atoms with van der Waals surface area (Å²) in [6.45, 7) is 5.29. The molecule has 2 amide bonds. The van der Waals surface area contributed by atoms with Crippen molar-refractivity contribution in [3.63, 3.8) is 0 Å². The molecule has 0 fully saturated rings. The third-order valence-corrected chi connectivity index (χ3v) is 5.49. The molecule has 2 rings (SSSR count). The number of amides is 2. The van der Waals surface area contributed by atoms with Crippen molar-refractivity contribution in [3.05, 3.63) is 54.1 Å². The van der Waals surface area contributed by atoms with Gasteiger partial charge in [0.1, 0.15) is 5.60 Å². The molecule has 0 aromatic heterocycles. The minimum Gasteiger partial charge on any atom is -0.444 e. The molecule has 0 unspecified atom stereocenters. The van der Waals surface area contributed by atoms with E-state index < -0.39 is 21.7 Å². The third kappa shape index (κ3) is 6.28. The first-order valence-electron chi connectivity index (χ1n) is 8.97. The number of hydroxylamine groups is 1. The van der Waals surface area contributed by atoms with Crippen LogP contribution in [0, 0.1) is 0 Å². The maximum absolute atomic E-state index is 12.4. The van der Waals surface area contributed by atoms with Crippen LogP contribution < -0.4 is 10.6 Å². The van der Waals surface area contributed by atoms with Crippen LogP contribution in [0.5, 0.6) is 0 Å². The van der Waals surface area contributed by atoms with Crippen molar-refractivity contribution >= 4 is 33.4 Å². The number of ether oxygens (including phenoxy) is 1. The Balaban J connectivity index is 2.02. The van der Waals surface area contributed by atoms with Crippen LogP contribution in [0.15, 0.2) is 53.4 Å². The maximum Gasteiger partial charge on any atom is 0.412 e. The smallest absolute Gasteiger partial charge is 0.412 e. The van der Waals surface area contributed by atoms with Gasteiger partial charge in [0, 0.05) is 24.0 Å². The summed E-state index contributed by atoms with van der Waals surface area (Å²) in [5.41, 5.74) is 0.658. The Kier molecular flexibility index (Phi) is 7.19. The monoisotopic (exact) mass is 435 g/mol. The highest BCUT2D eigenvalue weighted by Crippen LogP contribution is 2.19. The summed E-state index contributed by atoms with van der Waals surface area (Å²) in [5, 5.41) is 5.27. The predicted molar refractivity (Wildman–Crippen MR) is 113 cm³/mol. The van der Waals surface area contributed by atoms with Crippen LogP contribution in [-0.4, -0.2) is 44.6 Å². The molecule has 2 N–H and O–H groups in total. The fourth-order valence-corrected chi connectivity index (χ4v) is 3.26. The standard InChI is InChI=1S/C20H25N3O6S/c1-20(2,3)29-19(25)22-16-8-6-14(7-9-16)18(24)21-15-10-12-17(13-11-15)30(26,27)23(4)28-5/h6-13H,1-5H3,(H,21,24)(H,22,25). The number of anilines is 2. The second-order valence-corrected chi connectivity index (χ2v) is 9.22. The molecular formula is C20H25N3O6S. The molecule has 2 aromatic rings. The summed E-state index contributed by atoms with van der Waals surface area (Å²) in [5.74, 6) is -0.386. The van der Waals surface area contributed by atoms with Crippen LogP contribution in [-0.2, 0) is 19.6 Å². The second kappa shape index (κ2) is 9.24. The lowest BCUT2D eigenvalue weighted by Crippen LogP contribution is -2.27. The summed E-state index contributed by atoms with van der Waals surface area (Å²) in [4.78, 5) is 28.9. The molecule has 0 aliphatic rings. The van der Waals surface area contributed by atoms with Crippen LogP contribution in [0.25, 0.3) is 0 Å². The molecule has 0 radical (unpaired) electrons. The highest BCUT2D eigenvalue weighted by atomic mass is 32.2. The lowest BCUT2D eigenvalue weighted by atomic mass is 10.2. The highest BCUT2D eigenvalue weighted by Gasteiger charge is 2.20. The van der Waals surface area contributed by atoms with E-state index in [9.17, 15) is 18.0 Å². The van der Waals surface area contributed by atoms with Gasteiger partial charge in [-0.05, 0) is 69.3 Å². The summed E-state index contributed by atoms with van der Waals surface area (Å²) in [6, 6.07) is 12.0. The van der Waals surface area contributed by atoms with Gasteiger partial charge in [0.05, 0.1) is 12.0 Å². The Hall–Kier alpha value is -2.95. The van der Waals surface area contributed by atoms with E-state index in [-0.39, 0.29) is 10.8 Å². The SMILES string of the molecule is CON(C)S(=O)(=O)c1ccc(NC(=O)c2ccc(NC(=O)OC(C)(C)C)cc2)cc1. The van der Waals surface area contributed by atoms with E-state index in [1.165, 1.54) is 38.4 Å². The number of hydrogen-bond donors (Lipinski definition) is 2. The molecule has 0 bridgehead atoms. The van der Waals surface area contributed by atoms with E-state index >= 15 is 0 Å². The predicted octanol–water partition coefficient (Wildman–Crippen LogP) is 3.47. The average Bonchev–Trinajstić information content (AvgIpc) is 2.66. The summed E-state index contributed by atoms with van der Waals surface area (Å²) < 4.78 is 30.3. The average molecular weight is 436 g/mol. The van der Waals surface area contributed by atoms with Gasteiger partial charge in [-0.1, -0.05) is 4.47 Å². The lowest BCUT2D eigenvalue weighted by Gasteiger charge is -2.19. The Morgan fingerprint density at radius 1 is 0.900 bits per heavy atom. The third-order valence-electron chi connectivity index (χ3n) is 3.80. The van der Waals surface area contributed by atoms with Gasteiger partial charge in [-0.25, -0.2) is 13.2 Å². The van der Waals surface area contributed by atoms with Gasteiger partial charge in [0.25, 0.3) is 15.9 Å². The Labute approximate surface area is 176 Å². The van der Waals surface area contributed by atoms with E-state index in [1.54, 1.807) is 45.0 Å². The lowest BCUT2D eigenvalue weighted by molar-refractivity contribution is -0.0258. The van der Waals surface area contributed by atoms with Gasteiger partial charge in [-0.15, -0.1) is 0 Å². The van der Waals surface area contributed by atoms with Crippen molar-refractivity contribution < 1.29 is 27.6 Å². The second-order valence-electron chi connectivity index (χ2n) is 7.28. The van der Waals surface area contributed by atoms with Gasteiger partial charge in [-0.3, -0.25) is 14.9 Å². The largest absolute Gasteiger partial charge is 0.444 e. The number of sulfonamides is 1. The quantitative estimate of drug-likeness (QED) is 0.672. The number of benzene rings is 2. The minimum atomic E-state index is -3.76. The molecule has 0 aliphatic carbocycles. The summed E-state index contributed by atoms with van der Waals surface area (Å²) >= 11 is 0. The van der Waals surface area contributed by atoms with Crippen molar-refractivity contribution in [2.24, 2.45) is 0 Å². The molecule has 0 aliphatic heterocycles. The molecule has 30 heavy (non-hydrogen) atoms. The Morgan fingerprint density at radius 2 is 1.40 bits per heavy atom. The van der Waals surface area contributed by atoms with E-state index in [4.69, 9.17) is 9.57 Å². The van der Waals surface area contributed by atoms with Crippen LogP contribution in [0.2, 0.25) is 0 Å². The first-order chi connectivity index (χ1) is 13.9. The molecule has 0 spiro atoms. The zero-order valence-electron chi connectivity index (χ0n) is 17.4. The molecular weight excluding hydrogens is 410 g/mol. The van der Waals surface area contributed by atoms with Crippen LogP contribution >= 0.6 is 0 Å². The summed E-state index contributed by atoms with van der Waals surface area (Å²) in [7, 11) is -1.22. The molecule has 0 saturated heterocycles. The van der Waals surface area contributed by atoms with Crippen molar-refractivity contribution in [1.82, 2.24) is 4.47 Å².